The lowest BCUT2D eigenvalue weighted by Gasteiger charge is -2.38. The quantitative estimate of drug-likeness (QED) is 0.154. The van der Waals surface area contributed by atoms with Gasteiger partial charge in [0.2, 0.25) is 37.8 Å². The highest BCUT2D eigenvalue weighted by atomic mass is 32.2. The minimum absolute atomic E-state index is 0.0739. The highest BCUT2D eigenvalue weighted by Crippen LogP contribution is 2.40. The number of nitrogens with zero attached hydrogens (tertiary/aromatic N) is 6. The Morgan fingerprint density at radius 1 is 0.688 bits per heavy atom. The fourth-order valence-corrected chi connectivity index (χ4v) is 12.3. The Kier molecular flexibility index (Phi) is 13.2. The molecule has 4 fully saturated rings. The second kappa shape index (κ2) is 17.5. The summed E-state index contributed by atoms with van der Waals surface area (Å²) in [5.74, 6) is -3.25. The summed E-state index contributed by atoms with van der Waals surface area (Å²) < 4.78 is 113. The molecule has 0 unspecified atom stereocenters. The Labute approximate surface area is 374 Å². The molecule has 1 amide bonds. The molecular formula is C45H64F4N8O5S2. The van der Waals surface area contributed by atoms with E-state index in [-0.39, 0.29) is 89.2 Å². The Morgan fingerprint density at radius 3 is 1.41 bits per heavy atom. The van der Waals surface area contributed by atoms with Gasteiger partial charge in [-0.3, -0.25) is 4.79 Å². The number of carbonyl (C=O) groups excluding carboxylic acids is 1. The first-order valence-corrected chi connectivity index (χ1v) is 25.4. The second-order valence-corrected chi connectivity index (χ2v) is 24.4. The number of fused-ring (bicyclic) bond motifs is 2. The van der Waals surface area contributed by atoms with Gasteiger partial charge in [0.1, 0.15) is 11.6 Å². The van der Waals surface area contributed by atoms with Gasteiger partial charge in [0.15, 0.2) is 0 Å². The van der Waals surface area contributed by atoms with Gasteiger partial charge in [0.05, 0.1) is 37.9 Å². The molecule has 354 valence electrons. The van der Waals surface area contributed by atoms with Crippen molar-refractivity contribution in [3.63, 3.8) is 0 Å². The SMILES string of the molecule is CC(C)(C)c1nc2cc(S(=O)(=O)N3CC(N)C3)ccc2n1CC1CCC(F)(F)CC1.CCC(=O)NC1CN(S(=O)(=O)c2ccc3c(c2)nc(C(C)(C)C)n3CC2CCC(F)(F)CC2)C1. The molecule has 2 aliphatic heterocycles. The second-order valence-electron chi connectivity index (χ2n) is 20.5. The number of halogens is 4. The van der Waals surface area contributed by atoms with Gasteiger partial charge in [0.25, 0.3) is 0 Å². The lowest BCUT2D eigenvalue weighted by molar-refractivity contribution is -0.122. The topological polar surface area (TPSA) is 166 Å². The van der Waals surface area contributed by atoms with Crippen LogP contribution in [-0.4, -0.2) is 101 Å². The van der Waals surface area contributed by atoms with E-state index in [0.717, 1.165) is 22.7 Å². The molecule has 64 heavy (non-hydrogen) atoms. The number of aromatic nitrogens is 4. The van der Waals surface area contributed by atoms with Crippen LogP contribution in [0, 0.1) is 11.8 Å². The highest BCUT2D eigenvalue weighted by molar-refractivity contribution is 7.89. The third-order valence-corrected chi connectivity index (χ3v) is 16.7. The van der Waals surface area contributed by atoms with Crippen molar-refractivity contribution in [1.82, 2.24) is 33.0 Å². The lowest BCUT2D eigenvalue weighted by atomic mass is 9.86. The van der Waals surface area contributed by atoms with Gasteiger partial charge in [-0.05, 0) is 73.9 Å². The molecule has 4 heterocycles. The van der Waals surface area contributed by atoms with Gasteiger partial charge in [-0.2, -0.15) is 8.61 Å². The maximum Gasteiger partial charge on any atom is 0.248 e. The van der Waals surface area contributed by atoms with Crippen LogP contribution in [0.15, 0.2) is 46.2 Å². The van der Waals surface area contributed by atoms with Crippen molar-refractivity contribution in [2.24, 2.45) is 17.6 Å². The van der Waals surface area contributed by atoms with Crippen molar-refractivity contribution < 1.29 is 39.2 Å². The van der Waals surface area contributed by atoms with Gasteiger partial charge < -0.3 is 20.2 Å². The molecular weight excluding hydrogens is 873 g/mol. The number of hydrogen-bond acceptors (Lipinski definition) is 8. The molecule has 0 atom stereocenters. The van der Waals surface area contributed by atoms with E-state index in [0.29, 0.717) is 69.3 Å². The lowest BCUT2D eigenvalue weighted by Crippen LogP contribution is -2.60. The van der Waals surface area contributed by atoms with Crippen molar-refractivity contribution in [2.75, 3.05) is 26.2 Å². The Morgan fingerprint density at radius 2 is 1.06 bits per heavy atom. The molecule has 0 bridgehead atoms. The van der Waals surface area contributed by atoms with Crippen LogP contribution in [0.3, 0.4) is 0 Å². The summed E-state index contributed by atoms with van der Waals surface area (Å²) in [6.45, 7) is 16.4. The van der Waals surface area contributed by atoms with Crippen molar-refractivity contribution in [1.29, 1.82) is 0 Å². The first kappa shape index (κ1) is 48.3. The number of alkyl halides is 4. The maximum atomic E-state index is 13.6. The summed E-state index contributed by atoms with van der Waals surface area (Å²) in [6, 6.07) is 9.72. The van der Waals surface area contributed by atoms with Crippen LogP contribution in [0.2, 0.25) is 0 Å². The van der Waals surface area contributed by atoms with Crippen LogP contribution < -0.4 is 11.1 Å². The fraction of sp³-hybridized carbons (Fsp3) is 0.667. The zero-order valence-corrected chi connectivity index (χ0v) is 39.6. The summed E-state index contributed by atoms with van der Waals surface area (Å²) in [4.78, 5) is 21.5. The molecule has 8 rings (SSSR count). The van der Waals surface area contributed by atoms with Crippen LogP contribution in [-0.2, 0) is 48.8 Å². The first-order valence-electron chi connectivity index (χ1n) is 22.5. The van der Waals surface area contributed by atoms with Gasteiger partial charge >= 0.3 is 0 Å². The number of carbonyl (C=O) groups is 1. The molecule has 3 N–H and O–H groups in total. The van der Waals surface area contributed by atoms with E-state index in [9.17, 15) is 39.2 Å². The number of rotatable bonds is 10. The van der Waals surface area contributed by atoms with Crippen LogP contribution in [0.1, 0.15) is 118 Å². The minimum Gasteiger partial charge on any atom is -0.351 e. The zero-order valence-electron chi connectivity index (χ0n) is 38.0. The van der Waals surface area contributed by atoms with E-state index in [1.807, 2.05) is 20.8 Å². The average Bonchev–Trinajstić information content (AvgIpc) is 3.74. The number of sulfonamides is 2. The highest BCUT2D eigenvalue weighted by Gasteiger charge is 2.40. The van der Waals surface area contributed by atoms with Crippen molar-refractivity contribution in [2.45, 2.75) is 164 Å². The first-order chi connectivity index (χ1) is 29.7. The number of imidazole rings is 2. The van der Waals surface area contributed by atoms with Gasteiger partial charge in [-0.1, -0.05) is 48.5 Å². The normalized spacial score (nSPS) is 21.1. The summed E-state index contributed by atoms with van der Waals surface area (Å²) >= 11 is 0. The molecule has 2 saturated carbocycles. The molecule has 2 saturated heterocycles. The van der Waals surface area contributed by atoms with E-state index < -0.39 is 31.9 Å². The maximum absolute atomic E-state index is 13.6. The number of amides is 1. The van der Waals surface area contributed by atoms with E-state index in [4.69, 9.17) is 15.7 Å². The number of nitrogens with one attached hydrogen (secondary N) is 1. The third-order valence-electron chi connectivity index (χ3n) is 13.0. The van der Waals surface area contributed by atoms with Crippen molar-refractivity contribution in [3.05, 3.63) is 48.0 Å². The van der Waals surface area contributed by atoms with Gasteiger partial charge in [0, 0.05) is 88.2 Å². The fourth-order valence-electron chi connectivity index (χ4n) is 9.16. The van der Waals surface area contributed by atoms with Gasteiger partial charge in [-0.15, -0.1) is 0 Å². The largest absolute Gasteiger partial charge is 0.351 e. The van der Waals surface area contributed by atoms with Crippen LogP contribution in [0.25, 0.3) is 22.1 Å². The monoisotopic (exact) mass is 936 g/mol. The van der Waals surface area contributed by atoms with Crippen molar-refractivity contribution in [3.8, 4) is 0 Å². The standard InChI is InChI=1S/C24H34F2N4O3S.C21H30F2N4O2S/c1-5-21(31)27-17-14-29(15-17)34(32,33)18-6-7-20-19(12-18)28-22(23(2,3)4)30(20)13-16-8-10-24(25,26)11-9-16;1-20(2,3)19-25-17-10-16(30(28,29)26-12-15(24)13-26)4-5-18(17)27(19)11-14-6-8-21(22,23)9-7-14/h6-7,12,16-17H,5,8-11,13-15H2,1-4H3,(H,27,31);4-5,10,14-15H,6-9,11-13,24H2,1-3H3. The Hall–Kier alpha value is -3.65. The third kappa shape index (κ3) is 10.3. The van der Waals surface area contributed by atoms with Crippen LogP contribution >= 0.6 is 0 Å². The Balaban J connectivity index is 0.000000193. The molecule has 2 aromatic carbocycles. The van der Waals surface area contributed by atoms with E-state index in [1.54, 1.807) is 43.3 Å². The van der Waals surface area contributed by atoms with E-state index in [1.165, 1.54) is 8.61 Å². The number of nitrogens with two attached hydrogens (primary N) is 1. The summed E-state index contributed by atoms with van der Waals surface area (Å²) in [7, 11) is -7.28. The van der Waals surface area contributed by atoms with Gasteiger partial charge in [-0.25, -0.2) is 44.4 Å². The predicted molar refractivity (Wildman–Crippen MR) is 238 cm³/mol. The number of hydrogen-bond donors (Lipinski definition) is 2. The summed E-state index contributed by atoms with van der Waals surface area (Å²) in [5, 5.41) is 2.81. The summed E-state index contributed by atoms with van der Waals surface area (Å²) in [6.07, 6.45) is 1.93. The zero-order chi connectivity index (χ0) is 46.8. The Bertz CT molecular complexity index is 2570. The molecule has 4 aliphatic rings. The smallest absolute Gasteiger partial charge is 0.248 e. The van der Waals surface area contributed by atoms with Crippen molar-refractivity contribution >= 4 is 48.0 Å². The molecule has 0 radical (unpaired) electrons. The average molecular weight is 937 g/mol. The summed E-state index contributed by atoms with van der Waals surface area (Å²) in [5.41, 5.74) is 8.05. The molecule has 4 aromatic rings. The van der Waals surface area contributed by atoms with E-state index >= 15 is 0 Å². The van der Waals surface area contributed by atoms with E-state index in [2.05, 4.69) is 35.2 Å². The molecule has 0 spiro atoms. The van der Waals surface area contributed by atoms with Crippen LogP contribution in [0.5, 0.6) is 0 Å². The molecule has 2 aliphatic carbocycles. The number of benzene rings is 2. The van der Waals surface area contributed by atoms with Crippen LogP contribution in [0.4, 0.5) is 17.6 Å². The predicted octanol–water partition coefficient (Wildman–Crippen LogP) is 7.55. The minimum atomic E-state index is -3.70. The molecule has 13 nitrogen and oxygen atoms in total. The molecule has 19 heteroatoms. The molecule has 2 aromatic heterocycles.